The number of aryl methyl sites for hydroxylation is 1. The molecule has 0 atom stereocenters. The van der Waals surface area contributed by atoms with E-state index >= 15 is 0 Å². The molecule has 0 bridgehead atoms. The molecule has 0 aliphatic rings. The summed E-state index contributed by atoms with van der Waals surface area (Å²) in [5.74, 6) is 1.18. The average Bonchev–Trinajstić information content (AvgIpc) is 3.24. The summed E-state index contributed by atoms with van der Waals surface area (Å²) < 4.78 is 3.72. The number of aromatic nitrogens is 4. The van der Waals surface area contributed by atoms with Gasteiger partial charge in [-0.1, -0.05) is 45.0 Å². The minimum absolute atomic E-state index is 0.105. The number of benzene rings is 1. The maximum absolute atomic E-state index is 12.9. The van der Waals surface area contributed by atoms with E-state index in [0.717, 1.165) is 22.3 Å². The third-order valence-electron chi connectivity index (χ3n) is 4.93. The first kappa shape index (κ1) is 18.9. The van der Waals surface area contributed by atoms with E-state index in [1.807, 2.05) is 54.0 Å². The van der Waals surface area contributed by atoms with E-state index in [4.69, 9.17) is 5.10 Å². The molecule has 0 fully saturated rings. The molecule has 148 valence electrons. The summed E-state index contributed by atoms with van der Waals surface area (Å²) in [4.78, 5) is 17.3. The predicted molar refractivity (Wildman–Crippen MR) is 115 cm³/mol. The Balaban J connectivity index is 1.65. The second-order valence-electron chi connectivity index (χ2n) is 8.24. The first-order chi connectivity index (χ1) is 13.8. The van der Waals surface area contributed by atoms with Gasteiger partial charge in [-0.2, -0.15) is 9.78 Å². The van der Waals surface area contributed by atoms with Gasteiger partial charge in [0.2, 0.25) is 5.91 Å². The fourth-order valence-electron chi connectivity index (χ4n) is 3.37. The van der Waals surface area contributed by atoms with Gasteiger partial charge in [0.1, 0.15) is 12.4 Å². The minimum Gasteiger partial charge on any atom is -0.335 e. The Labute approximate surface area is 170 Å². The number of para-hydroxylation sites is 1. The lowest BCUT2D eigenvalue weighted by Gasteiger charge is -2.13. The lowest BCUT2D eigenvalue weighted by molar-refractivity contribution is -0.116. The molecular weight excluding hydrogens is 362 g/mol. The molecule has 3 aromatic heterocycles. The van der Waals surface area contributed by atoms with E-state index in [-0.39, 0.29) is 17.9 Å². The number of rotatable bonds is 4. The highest BCUT2D eigenvalue weighted by Gasteiger charge is 2.22. The minimum atomic E-state index is -0.146. The number of amides is 1. The number of fused-ring (bicyclic) bond motifs is 1. The van der Waals surface area contributed by atoms with Crippen LogP contribution in [-0.2, 0) is 16.8 Å². The van der Waals surface area contributed by atoms with E-state index in [0.29, 0.717) is 11.6 Å². The lowest BCUT2D eigenvalue weighted by atomic mass is 9.92. The SMILES string of the molecule is Cc1cc2ccccc2n1CC(=O)Nc1cc(C(C)(C)C)nn1-c1ccccn1. The van der Waals surface area contributed by atoms with Gasteiger partial charge in [-0.3, -0.25) is 4.79 Å². The third kappa shape index (κ3) is 3.78. The average molecular weight is 387 g/mol. The summed E-state index contributed by atoms with van der Waals surface area (Å²) in [5, 5.41) is 8.87. The van der Waals surface area contributed by atoms with E-state index in [9.17, 15) is 4.79 Å². The van der Waals surface area contributed by atoms with Crippen molar-refractivity contribution in [3.63, 3.8) is 0 Å². The fourth-order valence-corrected chi connectivity index (χ4v) is 3.37. The van der Waals surface area contributed by atoms with Crippen LogP contribution in [0, 0.1) is 6.92 Å². The zero-order valence-electron chi connectivity index (χ0n) is 17.2. The molecule has 0 radical (unpaired) electrons. The number of carbonyl (C=O) groups excluding carboxylic acids is 1. The quantitative estimate of drug-likeness (QED) is 0.562. The highest BCUT2D eigenvalue weighted by molar-refractivity contribution is 5.92. The molecule has 4 aromatic rings. The Morgan fingerprint density at radius 2 is 1.83 bits per heavy atom. The number of nitrogens with one attached hydrogen (secondary N) is 1. The Kier molecular flexibility index (Phi) is 4.70. The van der Waals surface area contributed by atoms with Crippen molar-refractivity contribution in [2.24, 2.45) is 0 Å². The summed E-state index contributed by atoms with van der Waals surface area (Å²) in [6.07, 6.45) is 1.72. The van der Waals surface area contributed by atoms with E-state index < -0.39 is 0 Å². The zero-order valence-corrected chi connectivity index (χ0v) is 17.2. The van der Waals surface area contributed by atoms with E-state index in [1.54, 1.807) is 10.9 Å². The van der Waals surface area contributed by atoms with Gasteiger partial charge in [0.15, 0.2) is 5.82 Å². The van der Waals surface area contributed by atoms with Crippen LogP contribution in [-0.4, -0.2) is 25.2 Å². The van der Waals surface area contributed by atoms with Gasteiger partial charge in [0, 0.05) is 28.9 Å². The molecule has 0 unspecified atom stereocenters. The van der Waals surface area contributed by atoms with Crippen molar-refractivity contribution in [3.05, 3.63) is 72.2 Å². The molecule has 6 nitrogen and oxygen atoms in total. The van der Waals surface area contributed by atoms with Gasteiger partial charge in [-0.15, -0.1) is 0 Å². The Morgan fingerprint density at radius 3 is 2.55 bits per heavy atom. The molecule has 0 aliphatic carbocycles. The number of nitrogens with zero attached hydrogens (tertiary/aromatic N) is 4. The summed E-state index contributed by atoms with van der Waals surface area (Å²) in [5.41, 5.74) is 2.84. The second-order valence-corrected chi connectivity index (χ2v) is 8.24. The Bertz CT molecular complexity index is 1170. The van der Waals surface area contributed by atoms with Crippen LogP contribution < -0.4 is 5.32 Å². The van der Waals surface area contributed by atoms with Crippen LogP contribution >= 0.6 is 0 Å². The standard InChI is InChI=1S/C23H25N5O/c1-16-13-17-9-5-6-10-18(17)27(16)15-22(29)25-21-14-19(23(2,3)4)26-28(21)20-11-7-8-12-24-20/h5-14H,15H2,1-4H3,(H,25,29). The van der Waals surface area contributed by atoms with Crippen molar-refractivity contribution in [3.8, 4) is 5.82 Å². The van der Waals surface area contributed by atoms with Crippen molar-refractivity contribution in [2.45, 2.75) is 39.7 Å². The largest absolute Gasteiger partial charge is 0.335 e. The number of hydrogen-bond acceptors (Lipinski definition) is 3. The monoisotopic (exact) mass is 387 g/mol. The molecule has 1 N–H and O–H groups in total. The summed E-state index contributed by atoms with van der Waals surface area (Å²) >= 11 is 0. The van der Waals surface area contributed by atoms with Crippen molar-refractivity contribution in [1.29, 1.82) is 0 Å². The molecule has 0 saturated carbocycles. The molecule has 4 rings (SSSR count). The van der Waals surface area contributed by atoms with Crippen molar-refractivity contribution < 1.29 is 4.79 Å². The van der Waals surface area contributed by atoms with Crippen LogP contribution in [0.25, 0.3) is 16.7 Å². The number of pyridine rings is 1. The first-order valence-corrected chi connectivity index (χ1v) is 9.69. The molecule has 0 saturated heterocycles. The van der Waals surface area contributed by atoms with Crippen LogP contribution in [0.3, 0.4) is 0 Å². The Hall–Kier alpha value is -3.41. The molecule has 1 amide bonds. The lowest BCUT2D eigenvalue weighted by Crippen LogP contribution is -2.21. The number of hydrogen-bond donors (Lipinski definition) is 1. The summed E-state index contributed by atoms with van der Waals surface area (Å²) in [7, 11) is 0. The topological polar surface area (TPSA) is 64.7 Å². The maximum Gasteiger partial charge on any atom is 0.245 e. The maximum atomic E-state index is 12.9. The Morgan fingerprint density at radius 1 is 1.07 bits per heavy atom. The summed E-state index contributed by atoms with van der Waals surface area (Å²) in [6.45, 7) is 8.54. The third-order valence-corrected chi connectivity index (χ3v) is 4.93. The van der Waals surface area contributed by atoms with E-state index in [1.165, 1.54) is 0 Å². The normalized spacial score (nSPS) is 11.7. The van der Waals surface area contributed by atoms with Gasteiger partial charge in [-0.05, 0) is 36.6 Å². The van der Waals surface area contributed by atoms with Gasteiger partial charge >= 0.3 is 0 Å². The molecule has 0 aliphatic heterocycles. The molecule has 6 heteroatoms. The zero-order chi connectivity index (χ0) is 20.6. The van der Waals surface area contributed by atoms with Crippen molar-refractivity contribution in [2.75, 3.05) is 5.32 Å². The van der Waals surface area contributed by atoms with Crippen molar-refractivity contribution >= 4 is 22.6 Å². The van der Waals surface area contributed by atoms with Crippen molar-refractivity contribution in [1.82, 2.24) is 19.3 Å². The number of carbonyl (C=O) groups is 1. The molecule has 1 aromatic carbocycles. The van der Waals surface area contributed by atoms with Gasteiger partial charge in [0.05, 0.1) is 5.69 Å². The van der Waals surface area contributed by atoms with Crippen LogP contribution in [0.4, 0.5) is 5.82 Å². The van der Waals surface area contributed by atoms with Crippen LogP contribution in [0.15, 0.2) is 60.8 Å². The number of anilines is 1. The first-order valence-electron chi connectivity index (χ1n) is 9.69. The van der Waals surface area contributed by atoms with Gasteiger partial charge in [-0.25, -0.2) is 4.98 Å². The fraction of sp³-hybridized carbons (Fsp3) is 0.261. The van der Waals surface area contributed by atoms with E-state index in [2.05, 4.69) is 43.2 Å². The molecule has 0 spiro atoms. The molecule has 29 heavy (non-hydrogen) atoms. The molecular formula is C23H25N5O. The predicted octanol–water partition coefficient (Wildman–Crippen LogP) is 4.47. The molecule has 3 heterocycles. The van der Waals surface area contributed by atoms with Crippen LogP contribution in [0.2, 0.25) is 0 Å². The van der Waals surface area contributed by atoms with Crippen LogP contribution in [0.5, 0.6) is 0 Å². The smallest absolute Gasteiger partial charge is 0.245 e. The highest BCUT2D eigenvalue weighted by Crippen LogP contribution is 2.26. The summed E-state index contributed by atoms with van der Waals surface area (Å²) in [6, 6.07) is 17.7. The highest BCUT2D eigenvalue weighted by atomic mass is 16.2. The van der Waals surface area contributed by atoms with Gasteiger partial charge < -0.3 is 9.88 Å². The van der Waals surface area contributed by atoms with Crippen LogP contribution in [0.1, 0.15) is 32.2 Å². The van der Waals surface area contributed by atoms with Gasteiger partial charge in [0.25, 0.3) is 0 Å². The second kappa shape index (κ2) is 7.20.